The second-order valence-electron chi connectivity index (χ2n) is 4.27. The number of nitrogens with zero attached hydrogens (tertiary/aromatic N) is 1. The van der Waals surface area contributed by atoms with Gasteiger partial charge in [0.15, 0.2) is 0 Å². The normalized spacial score (nSPS) is 18.2. The molecule has 0 spiro atoms. The largest absolute Gasteiger partial charge is 0.466 e. The van der Waals surface area contributed by atoms with Gasteiger partial charge in [-0.05, 0) is 19.8 Å². The molecule has 1 saturated heterocycles. The summed E-state index contributed by atoms with van der Waals surface area (Å²) >= 11 is 5.52. The molecule has 1 aliphatic heterocycles. The molecule has 0 aromatic heterocycles. The van der Waals surface area contributed by atoms with Crippen LogP contribution in [0.15, 0.2) is 11.6 Å². The molecule has 0 aromatic carbocycles. The number of piperidine rings is 1. The first-order valence-electron chi connectivity index (χ1n) is 6.11. The maximum absolute atomic E-state index is 11.9. The molecule has 1 aliphatic rings. The molecular weight excluding hydrogens is 292 g/mol. The van der Waals surface area contributed by atoms with E-state index in [0.717, 1.165) is 0 Å². The quantitative estimate of drug-likeness (QED) is 0.738. The highest BCUT2D eigenvalue weighted by atomic mass is 35.5. The van der Waals surface area contributed by atoms with Crippen LogP contribution in [0.25, 0.3) is 0 Å². The Morgan fingerprint density at radius 3 is 2.53 bits per heavy atom. The van der Waals surface area contributed by atoms with Crippen LogP contribution >= 0.6 is 11.6 Å². The summed E-state index contributed by atoms with van der Waals surface area (Å²) in [5.74, 6) is -0.462. The van der Waals surface area contributed by atoms with E-state index in [1.54, 1.807) is 6.92 Å². The maximum atomic E-state index is 11.9. The Bertz CT molecular complexity index is 430. The van der Waals surface area contributed by atoms with Crippen molar-refractivity contribution in [2.75, 3.05) is 26.2 Å². The van der Waals surface area contributed by atoms with Crippen LogP contribution in [0.5, 0.6) is 0 Å². The van der Waals surface area contributed by atoms with Gasteiger partial charge < -0.3 is 4.74 Å². The lowest BCUT2D eigenvalue weighted by atomic mass is 9.98. The first kappa shape index (κ1) is 16.4. The molecule has 1 heterocycles. The fraction of sp³-hybridized carbons (Fsp3) is 0.727. The molecule has 0 atom stereocenters. The van der Waals surface area contributed by atoms with Crippen LogP contribution in [0.3, 0.4) is 0 Å². The lowest BCUT2D eigenvalue weighted by Gasteiger charge is -2.29. The number of rotatable bonds is 6. The highest BCUT2D eigenvalue weighted by Crippen LogP contribution is 2.20. The van der Waals surface area contributed by atoms with Gasteiger partial charge in [-0.2, -0.15) is 17.4 Å². The molecule has 1 N–H and O–H groups in total. The van der Waals surface area contributed by atoms with Crippen molar-refractivity contribution in [3.63, 3.8) is 0 Å². The van der Waals surface area contributed by atoms with E-state index < -0.39 is 10.2 Å². The molecule has 0 amide bonds. The van der Waals surface area contributed by atoms with Crippen LogP contribution in [0.1, 0.15) is 19.8 Å². The zero-order valence-corrected chi connectivity index (χ0v) is 12.5. The summed E-state index contributed by atoms with van der Waals surface area (Å²) in [6.07, 6.45) is 0.948. The highest BCUT2D eigenvalue weighted by Gasteiger charge is 2.31. The van der Waals surface area contributed by atoms with Gasteiger partial charge in [0, 0.05) is 24.7 Å². The Labute approximate surface area is 118 Å². The van der Waals surface area contributed by atoms with Crippen molar-refractivity contribution < 1.29 is 17.9 Å². The lowest BCUT2D eigenvalue weighted by Crippen LogP contribution is -2.46. The van der Waals surface area contributed by atoms with E-state index >= 15 is 0 Å². The van der Waals surface area contributed by atoms with Crippen molar-refractivity contribution in [2.45, 2.75) is 19.8 Å². The second kappa shape index (κ2) is 7.23. The summed E-state index contributed by atoms with van der Waals surface area (Å²) in [4.78, 5) is 11.5. The Kier molecular flexibility index (Phi) is 6.25. The van der Waals surface area contributed by atoms with E-state index in [1.165, 1.54) is 4.31 Å². The summed E-state index contributed by atoms with van der Waals surface area (Å²) in [5, 5.41) is 0.227. The average molecular weight is 311 g/mol. The van der Waals surface area contributed by atoms with Crippen molar-refractivity contribution in [3.05, 3.63) is 11.6 Å². The topological polar surface area (TPSA) is 75.7 Å². The van der Waals surface area contributed by atoms with Crippen molar-refractivity contribution in [2.24, 2.45) is 5.92 Å². The summed E-state index contributed by atoms with van der Waals surface area (Å²) in [5.41, 5.74) is 0. The number of hydrogen-bond acceptors (Lipinski definition) is 4. The second-order valence-corrected chi connectivity index (χ2v) is 6.56. The minimum atomic E-state index is -3.55. The monoisotopic (exact) mass is 310 g/mol. The van der Waals surface area contributed by atoms with Gasteiger partial charge in [0.25, 0.3) is 10.2 Å². The number of esters is 1. The molecule has 110 valence electrons. The van der Waals surface area contributed by atoms with Gasteiger partial charge >= 0.3 is 5.97 Å². The number of halogens is 1. The average Bonchev–Trinajstić information content (AvgIpc) is 2.37. The van der Waals surface area contributed by atoms with Gasteiger partial charge in [-0.3, -0.25) is 4.79 Å². The van der Waals surface area contributed by atoms with E-state index in [9.17, 15) is 13.2 Å². The highest BCUT2D eigenvalue weighted by molar-refractivity contribution is 7.87. The predicted octanol–water partition coefficient (Wildman–Crippen LogP) is 0.848. The summed E-state index contributed by atoms with van der Waals surface area (Å²) < 4.78 is 32.4. The third-order valence-electron chi connectivity index (χ3n) is 2.86. The van der Waals surface area contributed by atoms with Crippen molar-refractivity contribution in [1.82, 2.24) is 9.03 Å². The van der Waals surface area contributed by atoms with Crippen LogP contribution in [0.2, 0.25) is 0 Å². The van der Waals surface area contributed by atoms with Gasteiger partial charge in [-0.25, -0.2) is 0 Å². The van der Waals surface area contributed by atoms with Crippen LogP contribution in [-0.2, 0) is 19.7 Å². The van der Waals surface area contributed by atoms with Crippen LogP contribution in [0.4, 0.5) is 0 Å². The lowest BCUT2D eigenvalue weighted by molar-refractivity contribution is -0.149. The molecule has 0 aromatic rings. The molecule has 19 heavy (non-hydrogen) atoms. The Morgan fingerprint density at radius 2 is 2.05 bits per heavy atom. The number of carbonyl (C=O) groups excluding carboxylic acids is 1. The smallest absolute Gasteiger partial charge is 0.309 e. The zero-order chi connectivity index (χ0) is 14.5. The molecule has 0 saturated carbocycles. The van der Waals surface area contributed by atoms with E-state index in [2.05, 4.69) is 11.3 Å². The first-order chi connectivity index (χ1) is 8.86. The minimum Gasteiger partial charge on any atom is -0.466 e. The van der Waals surface area contributed by atoms with Gasteiger partial charge in [-0.15, -0.1) is 0 Å². The number of ether oxygens (including phenoxy) is 1. The molecule has 0 aliphatic carbocycles. The molecule has 0 unspecified atom stereocenters. The van der Waals surface area contributed by atoms with Crippen molar-refractivity contribution >= 4 is 27.8 Å². The SMILES string of the molecule is C=C(Cl)CNS(=O)(=O)N1CCC(C(=O)OCC)CC1. The Morgan fingerprint density at radius 1 is 1.47 bits per heavy atom. The fourth-order valence-corrected chi connectivity index (χ4v) is 3.23. The summed E-state index contributed by atoms with van der Waals surface area (Å²) in [6, 6.07) is 0. The minimum absolute atomic E-state index is 0.00168. The third kappa shape index (κ3) is 5.10. The van der Waals surface area contributed by atoms with Gasteiger partial charge in [-0.1, -0.05) is 18.2 Å². The van der Waals surface area contributed by atoms with E-state index in [4.69, 9.17) is 16.3 Å². The fourth-order valence-electron chi connectivity index (χ4n) is 1.85. The molecule has 0 radical (unpaired) electrons. The molecule has 6 nitrogen and oxygen atoms in total. The Balaban J connectivity index is 2.49. The van der Waals surface area contributed by atoms with Crippen molar-refractivity contribution in [1.29, 1.82) is 0 Å². The number of hydrogen-bond donors (Lipinski definition) is 1. The standard InChI is InChI=1S/C11H19ClN2O4S/c1-3-18-11(15)10-4-6-14(7-5-10)19(16,17)13-8-9(2)12/h10,13H,2-8H2,1H3. The van der Waals surface area contributed by atoms with Crippen molar-refractivity contribution in [3.8, 4) is 0 Å². The number of nitrogens with one attached hydrogen (secondary N) is 1. The van der Waals surface area contributed by atoms with E-state index in [1.807, 2.05) is 0 Å². The maximum Gasteiger partial charge on any atom is 0.309 e. The van der Waals surface area contributed by atoms with E-state index in [0.29, 0.717) is 32.5 Å². The van der Waals surface area contributed by atoms with Crippen LogP contribution < -0.4 is 4.72 Å². The molecular formula is C11H19ClN2O4S. The number of carbonyl (C=O) groups is 1. The van der Waals surface area contributed by atoms with E-state index in [-0.39, 0.29) is 23.5 Å². The molecule has 8 heteroatoms. The third-order valence-corrected chi connectivity index (χ3v) is 4.55. The van der Waals surface area contributed by atoms with Gasteiger partial charge in [0.2, 0.25) is 0 Å². The van der Waals surface area contributed by atoms with Crippen LogP contribution in [0, 0.1) is 5.92 Å². The van der Waals surface area contributed by atoms with Gasteiger partial charge in [0.1, 0.15) is 0 Å². The summed E-state index contributed by atoms with van der Waals surface area (Å²) in [6.45, 7) is 6.11. The summed E-state index contributed by atoms with van der Waals surface area (Å²) in [7, 11) is -3.55. The molecule has 0 bridgehead atoms. The molecule has 1 rings (SSSR count). The van der Waals surface area contributed by atoms with Crippen LogP contribution in [-0.4, -0.2) is 44.9 Å². The van der Waals surface area contributed by atoms with Gasteiger partial charge in [0.05, 0.1) is 12.5 Å². The zero-order valence-electron chi connectivity index (χ0n) is 10.9. The predicted molar refractivity (Wildman–Crippen MR) is 72.8 cm³/mol. The Hall–Kier alpha value is -0.630. The molecule has 1 fully saturated rings. The first-order valence-corrected chi connectivity index (χ1v) is 7.93.